The van der Waals surface area contributed by atoms with Crippen molar-refractivity contribution in [2.75, 3.05) is 13.2 Å². The first kappa shape index (κ1) is 19.1. The molecule has 138 valence electrons. The van der Waals surface area contributed by atoms with E-state index >= 15 is 0 Å². The Morgan fingerprint density at radius 2 is 2.08 bits per heavy atom. The molecule has 1 atom stereocenters. The van der Waals surface area contributed by atoms with E-state index in [2.05, 4.69) is 9.97 Å². The van der Waals surface area contributed by atoms with Gasteiger partial charge in [-0.25, -0.2) is 4.79 Å². The number of H-pyrrole nitrogens is 1. The molecule has 0 radical (unpaired) electrons. The first-order valence-electron chi connectivity index (χ1n) is 8.93. The molecular weight excluding hydrogens is 322 g/mol. The van der Waals surface area contributed by atoms with Crippen molar-refractivity contribution in [3.05, 3.63) is 27.4 Å². The van der Waals surface area contributed by atoms with Crippen molar-refractivity contribution >= 4 is 11.9 Å². The van der Waals surface area contributed by atoms with Crippen LogP contribution in [0.25, 0.3) is 0 Å². The molecule has 0 unspecified atom stereocenters. The van der Waals surface area contributed by atoms with Crippen molar-refractivity contribution in [2.24, 2.45) is 0 Å². The van der Waals surface area contributed by atoms with Gasteiger partial charge in [0.1, 0.15) is 0 Å². The lowest BCUT2D eigenvalue weighted by molar-refractivity contribution is -0.146. The SMILES string of the molecule is CCOC(=O)C[C@@H]1CCCCN1C(=O)CCc1c(C)nc(=O)[nH]c1C. The van der Waals surface area contributed by atoms with Crippen LogP contribution in [0.2, 0.25) is 0 Å². The Kier molecular flexibility index (Phi) is 6.73. The summed E-state index contributed by atoms with van der Waals surface area (Å²) in [5.41, 5.74) is 1.96. The minimum Gasteiger partial charge on any atom is -0.466 e. The standard InChI is InChI=1S/C18H27N3O4/c1-4-25-17(23)11-14-7-5-6-10-21(14)16(22)9-8-15-12(2)19-18(24)20-13(15)3/h14H,4-11H2,1-3H3,(H,19,20,24)/t14-/m0/s1. The molecule has 1 N–H and O–H groups in total. The van der Waals surface area contributed by atoms with Gasteiger partial charge in [0.2, 0.25) is 5.91 Å². The second-order valence-electron chi connectivity index (χ2n) is 6.48. The van der Waals surface area contributed by atoms with Crippen molar-refractivity contribution in [3.63, 3.8) is 0 Å². The predicted molar refractivity (Wildman–Crippen MR) is 93.3 cm³/mol. The quantitative estimate of drug-likeness (QED) is 0.789. The van der Waals surface area contributed by atoms with Gasteiger partial charge in [-0.2, -0.15) is 4.98 Å². The largest absolute Gasteiger partial charge is 0.466 e. The van der Waals surface area contributed by atoms with Gasteiger partial charge in [0, 0.05) is 30.4 Å². The molecule has 0 spiro atoms. The third-order valence-electron chi connectivity index (χ3n) is 4.70. The molecule has 1 amide bonds. The molecule has 1 aliphatic rings. The Hall–Kier alpha value is -2.18. The molecule has 7 nitrogen and oxygen atoms in total. The fourth-order valence-corrected chi connectivity index (χ4v) is 3.45. The molecule has 0 aromatic carbocycles. The lowest BCUT2D eigenvalue weighted by atomic mass is 9.98. The molecule has 2 rings (SSSR count). The molecule has 1 fully saturated rings. The lowest BCUT2D eigenvalue weighted by Crippen LogP contribution is -2.45. The van der Waals surface area contributed by atoms with Crippen molar-refractivity contribution in [2.45, 2.75) is 65.3 Å². The molecule has 0 saturated carbocycles. The molecule has 7 heteroatoms. The molecular formula is C18H27N3O4. The number of rotatable bonds is 6. The summed E-state index contributed by atoms with van der Waals surface area (Å²) in [4.78, 5) is 44.2. The van der Waals surface area contributed by atoms with E-state index in [0.717, 1.165) is 30.5 Å². The number of aromatic nitrogens is 2. The van der Waals surface area contributed by atoms with Gasteiger partial charge in [0.25, 0.3) is 0 Å². The minimum atomic E-state index is -0.365. The Labute approximate surface area is 147 Å². The van der Waals surface area contributed by atoms with Crippen LogP contribution in [-0.2, 0) is 20.7 Å². The van der Waals surface area contributed by atoms with E-state index in [0.29, 0.717) is 31.7 Å². The maximum Gasteiger partial charge on any atom is 0.345 e. The number of likely N-dealkylation sites (tertiary alicyclic amines) is 1. The smallest absolute Gasteiger partial charge is 0.345 e. The average Bonchev–Trinajstić information content (AvgIpc) is 2.54. The van der Waals surface area contributed by atoms with E-state index in [1.165, 1.54) is 0 Å². The van der Waals surface area contributed by atoms with Gasteiger partial charge in [0.15, 0.2) is 0 Å². The van der Waals surface area contributed by atoms with Crippen LogP contribution in [0, 0.1) is 13.8 Å². The monoisotopic (exact) mass is 349 g/mol. The van der Waals surface area contributed by atoms with Gasteiger partial charge in [-0.3, -0.25) is 9.59 Å². The molecule has 0 aliphatic carbocycles. The van der Waals surface area contributed by atoms with E-state index < -0.39 is 0 Å². The van der Waals surface area contributed by atoms with E-state index in [1.807, 2.05) is 11.8 Å². The Bertz CT molecular complexity index is 657. The summed E-state index contributed by atoms with van der Waals surface area (Å²) in [6.07, 6.45) is 3.96. The summed E-state index contributed by atoms with van der Waals surface area (Å²) < 4.78 is 5.03. The number of hydrogen-bond acceptors (Lipinski definition) is 5. The number of hydrogen-bond donors (Lipinski definition) is 1. The van der Waals surface area contributed by atoms with Crippen molar-refractivity contribution in [1.29, 1.82) is 0 Å². The lowest BCUT2D eigenvalue weighted by Gasteiger charge is -2.35. The maximum absolute atomic E-state index is 12.7. The molecule has 1 saturated heterocycles. The number of aryl methyl sites for hydroxylation is 2. The topological polar surface area (TPSA) is 92.4 Å². The van der Waals surface area contributed by atoms with Crippen LogP contribution in [0.5, 0.6) is 0 Å². The summed E-state index contributed by atoms with van der Waals surface area (Å²) >= 11 is 0. The van der Waals surface area contributed by atoms with Crippen molar-refractivity contribution < 1.29 is 14.3 Å². The van der Waals surface area contributed by atoms with Gasteiger partial charge >= 0.3 is 11.7 Å². The second-order valence-corrected chi connectivity index (χ2v) is 6.48. The number of carbonyl (C=O) groups excluding carboxylic acids is 2. The molecule has 0 bridgehead atoms. The zero-order chi connectivity index (χ0) is 18.4. The zero-order valence-corrected chi connectivity index (χ0v) is 15.3. The third kappa shape index (κ3) is 5.14. The Balaban J connectivity index is 2.00. The van der Waals surface area contributed by atoms with Crippen LogP contribution >= 0.6 is 0 Å². The van der Waals surface area contributed by atoms with Gasteiger partial charge in [-0.05, 0) is 52.0 Å². The van der Waals surface area contributed by atoms with Gasteiger partial charge in [0.05, 0.1) is 13.0 Å². The molecule has 25 heavy (non-hydrogen) atoms. The highest BCUT2D eigenvalue weighted by atomic mass is 16.5. The highest BCUT2D eigenvalue weighted by Gasteiger charge is 2.28. The Morgan fingerprint density at radius 3 is 2.76 bits per heavy atom. The van der Waals surface area contributed by atoms with E-state index in [4.69, 9.17) is 4.74 Å². The zero-order valence-electron chi connectivity index (χ0n) is 15.3. The summed E-state index contributed by atoms with van der Waals surface area (Å²) in [5.74, 6) is -0.206. The number of aromatic amines is 1. The number of nitrogens with zero attached hydrogens (tertiary/aromatic N) is 2. The van der Waals surface area contributed by atoms with Crippen LogP contribution in [0.1, 0.15) is 56.0 Å². The highest BCUT2D eigenvalue weighted by Crippen LogP contribution is 2.22. The van der Waals surface area contributed by atoms with Crippen molar-refractivity contribution in [1.82, 2.24) is 14.9 Å². The maximum atomic E-state index is 12.7. The first-order chi connectivity index (χ1) is 11.9. The fourth-order valence-electron chi connectivity index (χ4n) is 3.45. The summed E-state index contributed by atoms with van der Waals surface area (Å²) in [7, 11) is 0. The number of amides is 1. The Morgan fingerprint density at radius 1 is 1.32 bits per heavy atom. The number of carbonyl (C=O) groups is 2. The van der Waals surface area contributed by atoms with E-state index in [1.54, 1.807) is 13.8 Å². The predicted octanol–water partition coefficient (Wildman–Crippen LogP) is 1.65. The molecule has 1 aromatic heterocycles. The number of piperidine rings is 1. The van der Waals surface area contributed by atoms with Crippen LogP contribution in [0.4, 0.5) is 0 Å². The number of nitrogens with one attached hydrogen (secondary N) is 1. The summed E-state index contributed by atoms with van der Waals surface area (Å²) in [6.45, 7) is 6.43. The first-order valence-corrected chi connectivity index (χ1v) is 8.93. The van der Waals surface area contributed by atoms with Gasteiger partial charge < -0.3 is 14.6 Å². The van der Waals surface area contributed by atoms with Crippen LogP contribution < -0.4 is 5.69 Å². The number of ether oxygens (including phenoxy) is 1. The molecule has 2 heterocycles. The highest BCUT2D eigenvalue weighted by molar-refractivity contribution is 5.78. The summed E-state index contributed by atoms with van der Waals surface area (Å²) in [5, 5.41) is 0. The van der Waals surface area contributed by atoms with Crippen molar-refractivity contribution in [3.8, 4) is 0 Å². The minimum absolute atomic E-state index is 0.0407. The van der Waals surface area contributed by atoms with E-state index in [9.17, 15) is 14.4 Å². The van der Waals surface area contributed by atoms with Gasteiger partial charge in [-0.15, -0.1) is 0 Å². The summed E-state index contributed by atoms with van der Waals surface area (Å²) in [6, 6.07) is -0.0730. The average molecular weight is 349 g/mol. The third-order valence-corrected chi connectivity index (χ3v) is 4.70. The molecule has 1 aliphatic heterocycles. The van der Waals surface area contributed by atoms with E-state index in [-0.39, 0.29) is 30.0 Å². The van der Waals surface area contributed by atoms with Crippen LogP contribution in [0.3, 0.4) is 0 Å². The molecule has 1 aromatic rings. The second kappa shape index (κ2) is 8.78. The van der Waals surface area contributed by atoms with Crippen LogP contribution in [-0.4, -0.2) is 45.9 Å². The van der Waals surface area contributed by atoms with Crippen LogP contribution in [0.15, 0.2) is 4.79 Å². The fraction of sp³-hybridized carbons (Fsp3) is 0.667. The number of esters is 1. The normalized spacial score (nSPS) is 17.4. The van der Waals surface area contributed by atoms with Gasteiger partial charge in [-0.1, -0.05) is 0 Å².